The van der Waals surface area contributed by atoms with E-state index in [-0.39, 0.29) is 6.03 Å². The lowest BCUT2D eigenvalue weighted by Gasteiger charge is -2.33. The molecule has 1 aromatic rings. The summed E-state index contributed by atoms with van der Waals surface area (Å²) in [5.41, 5.74) is 6.55. The Balaban J connectivity index is 0.000000322. The SMILES string of the molecule is NC(=O)N1CCN(Cc2ccccc2)CC1.O=C(O)C(F)(F)F. The van der Waals surface area contributed by atoms with Crippen molar-refractivity contribution in [2.75, 3.05) is 26.2 Å². The molecule has 0 aromatic heterocycles. The maximum atomic E-state index is 10.9. The van der Waals surface area contributed by atoms with E-state index in [0.29, 0.717) is 0 Å². The first-order valence-electron chi connectivity index (χ1n) is 6.81. The Morgan fingerprint density at radius 2 is 1.57 bits per heavy atom. The van der Waals surface area contributed by atoms with Gasteiger partial charge in [0.1, 0.15) is 0 Å². The van der Waals surface area contributed by atoms with Gasteiger partial charge in [-0.15, -0.1) is 0 Å². The third-order valence-corrected chi connectivity index (χ3v) is 3.18. The first-order valence-corrected chi connectivity index (χ1v) is 6.81. The van der Waals surface area contributed by atoms with Gasteiger partial charge >= 0.3 is 18.2 Å². The van der Waals surface area contributed by atoms with E-state index >= 15 is 0 Å². The molecule has 0 bridgehead atoms. The number of hydrogen-bond donors (Lipinski definition) is 2. The molecule has 0 saturated carbocycles. The molecule has 0 atom stereocenters. The summed E-state index contributed by atoms with van der Waals surface area (Å²) >= 11 is 0. The van der Waals surface area contributed by atoms with Crippen LogP contribution in [0.4, 0.5) is 18.0 Å². The number of halogens is 3. The number of aliphatic carboxylic acids is 1. The number of carbonyl (C=O) groups is 2. The number of hydrogen-bond acceptors (Lipinski definition) is 3. The lowest BCUT2D eigenvalue weighted by Crippen LogP contribution is -2.50. The van der Waals surface area contributed by atoms with Gasteiger partial charge in [-0.05, 0) is 5.56 Å². The number of alkyl halides is 3. The molecule has 0 spiro atoms. The van der Waals surface area contributed by atoms with Gasteiger partial charge in [0.15, 0.2) is 0 Å². The van der Waals surface area contributed by atoms with E-state index in [2.05, 4.69) is 29.2 Å². The van der Waals surface area contributed by atoms with Gasteiger partial charge in [-0.2, -0.15) is 13.2 Å². The largest absolute Gasteiger partial charge is 0.490 e. The molecule has 128 valence electrons. The van der Waals surface area contributed by atoms with Crippen molar-refractivity contribution in [3.8, 4) is 0 Å². The smallest absolute Gasteiger partial charge is 0.475 e. The predicted octanol–water partition coefficient (Wildman–Crippen LogP) is 1.52. The Labute approximate surface area is 131 Å². The van der Waals surface area contributed by atoms with Crippen LogP contribution in [0.1, 0.15) is 5.56 Å². The standard InChI is InChI=1S/C12H17N3O.C2HF3O2/c13-12(16)15-8-6-14(7-9-15)10-11-4-2-1-3-5-11;3-2(4,5)1(6)7/h1-5H,6-10H2,(H2,13,16);(H,6,7). The number of primary amides is 1. The number of nitrogens with two attached hydrogens (primary N) is 1. The van der Waals surface area contributed by atoms with Crippen LogP contribution in [0.3, 0.4) is 0 Å². The second-order valence-electron chi connectivity index (χ2n) is 4.89. The zero-order valence-corrected chi connectivity index (χ0v) is 12.3. The molecular weight excluding hydrogens is 315 g/mol. The van der Waals surface area contributed by atoms with E-state index in [0.717, 1.165) is 32.7 Å². The fourth-order valence-corrected chi connectivity index (χ4v) is 1.97. The molecule has 0 radical (unpaired) electrons. The second kappa shape index (κ2) is 8.37. The maximum absolute atomic E-state index is 10.9. The highest BCUT2D eigenvalue weighted by molar-refractivity contribution is 5.73. The molecule has 1 heterocycles. The van der Waals surface area contributed by atoms with Gasteiger partial charge in [-0.1, -0.05) is 30.3 Å². The summed E-state index contributed by atoms with van der Waals surface area (Å²) in [6.45, 7) is 4.23. The van der Waals surface area contributed by atoms with Gasteiger partial charge in [-0.3, -0.25) is 4.90 Å². The normalized spacial score (nSPS) is 15.5. The first kappa shape index (κ1) is 18.8. The van der Waals surface area contributed by atoms with Crippen molar-refractivity contribution < 1.29 is 27.9 Å². The van der Waals surface area contributed by atoms with Crippen molar-refractivity contribution in [3.05, 3.63) is 35.9 Å². The van der Waals surface area contributed by atoms with E-state index in [1.54, 1.807) is 4.90 Å². The monoisotopic (exact) mass is 333 g/mol. The molecule has 6 nitrogen and oxygen atoms in total. The third kappa shape index (κ3) is 7.00. The molecule has 1 aromatic carbocycles. The molecule has 23 heavy (non-hydrogen) atoms. The van der Waals surface area contributed by atoms with Gasteiger partial charge in [0.05, 0.1) is 0 Å². The summed E-state index contributed by atoms with van der Waals surface area (Å²) in [7, 11) is 0. The van der Waals surface area contributed by atoms with Crippen LogP contribution in [-0.2, 0) is 11.3 Å². The molecule has 0 unspecified atom stereocenters. The second-order valence-corrected chi connectivity index (χ2v) is 4.89. The summed E-state index contributed by atoms with van der Waals surface area (Å²) < 4.78 is 31.7. The number of piperazine rings is 1. The molecule has 9 heteroatoms. The van der Waals surface area contributed by atoms with Gasteiger partial charge in [-0.25, -0.2) is 9.59 Å². The zero-order valence-electron chi connectivity index (χ0n) is 12.3. The van der Waals surface area contributed by atoms with Crippen molar-refractivity contribution in [3.63, 3.8) is 0 Å². The van der Waals surface area contributed by atoms with Crippen LogP contribution in [-0.4, -0.2) is 59.3 Å². The molecule has 1 aliphatic heterocycles. The summed E-state index contributed by atoms with van der Waals surface area (Å²) in [4.78, 5) is 23.9. The Morgan fingerprint density at radius 3 is 1.96 bits per heavy atom. The Morgan fingerprint density at radius 1 is 1.09 bits per heavy atom. The van der Waals surface area contributed by atoms with Gasteiger partial charge in [0, 0.05) is 32.7 Å². The minimum atomic E-state index is -5.08. The summed E-state index contributed by atoms with van der Waals surface area (Å²) in [5.74, 6) is -2.76. The van der Waals surface area contributed by atoms with Crippen LogP contribution in [0.2, 0.25) is 0 Å². The van der Waals surface area contributed by atoms with Crippen LogP contribution in [0.15, 0.2) is 30.3 Å². The highest BCUT2D eigenvalue weighted by atomic mass is 19.4. The lowest BCUT2D eigenvalue weighted by atomic mass is 10.2. The molecule has 1 aliphatic rings. The molecule has 2 amide bonds. The number of urea groups is 1. The van der Waals surface area contributed by atoms with Crippen LogP contribution in [0, 0.1) is 0 Å². The zero-order chi connectivity index (χ0) is 17.5. The molecule has 1 fully saturated rings. The molecule has 2 rings (SSSR count). The number of benzene rings is 1. The van der Waals surface area contributed by atoms with E-state index in [4.69, 9.17) is 15.6 Å². The summed E-state index contributed by atoms with van der Waals surface area (Å²) in [6, 6.07) is 10.1. The maximum Gasteiger partial charge on any atom is 0.490 e. The summed E-state index contributed by atoms with van der Waals surface area (Å²) in [5, 5.41) is 7.12. The topological polar surface area (TPSA) is 86.9 Å². The van der Waals surface area contributed by atoms with Gasteiger partial charge < -0.3 is 15.7 Å². The van der Waals surface area contributed by atoms with E-state index < -0.39 is 12.1 Å². The summed E-state index contributed by atoms with van der Waals surface area (Å²) in [6.07, 6.45) is -5.08. The highest BCUT2D eigenvalue weighted by Crippen LogP contribution is 2.13. The fraction of sp³-hybridized carbons (Fsp3) is 0.429. The number of carboxylic acid groups (broad SMARTS) is 1. The third-order valence-electron chi connectivity index (χ3n) is 3.18. The molecule has 1 saturated heterocycles. The number of nitrogens with zero attached hydrogens (tertiary/aromatic N) is 2. The average molecular weight is 333 g/mol. The van der Waals surface area contributed by atoms with Crippen LogP contribution in [0.25, 0.3) is 0 Å². The van der Waals surface area contributed by atoms with Crippen molar-refractivity contribution >= 4 is 12.0 Å². The Kier molecular flexibility index (Phi) is 6.83. The molecular formula is C14H18F3N3O3. The number of carbonyl (C=O) groups excluding carboxylic acids is 1. The van der Waals surface area contributed by atoms with Gasteiger partial charge in [0.2, 0.25) is 0 Å². The number of rotatable bonds is 2. The van der Waals surface area contributed by atoms with E-state index in [1.165, 1.54) is 5.56 Å². The van der Waals surface area contributed by atoms with Crippen LogP contribution in [0.5, 0.6) is 0 Å². The van der Waals surface area contributed by atoms with Crippen molar-refractivity contribution in [2.24, 2.45) is 5.73 Å². The number of amides is 2. The van der Waals surface area contributed by atoms with Crippen molar-refractivity contribution in [2.45, 2.75) is 12.7 Å². The Bertz CT molecular complexity index is 515. The number of carboxylic acids is 1. The predicted molar refractivity (Wildman–Crippen MR) is 76.6 cm³/mol. The average Bonchev–Trinajstić information content (AvgIpc) is 2.48. The molecule has 0 aliphatic carbocycles. The fourth-order valence-electron chi connectivity index (χ4n) is 1.97. The van der Waals surface area contributed by atoms with E-state index in [1.807, 2.05) is 6.07 Å². The van der Waals surface area contributed by atoms with Crippen LogP contribution < -0.4 is 5.73 Å². The first-order chi connectivity index (χ1) is 10.7. The Hall–Kier alpha value is -2.29. The van der Waals surface area contributed by atoms with Crippen molar-refractivity contribution in [1.29, 1.82) is 0 Å². The van der Waals surface area contributed by atoms with Crippen molar-refractivity contribution in [1.82, 2.24) is 9.80 Å². The van der Waals surface area contributed by atoms with Crippen LogP contribution >= 0.6 is 0 Å². The minimum Gasteiger partial charge on any atom is -0.475 e. The van der Waals surface area contributed by atoms with Gasteiger partial charge in [0.25, 0.3) is 0 Å². The quantitative estimate of drug-likeness (QED) is 0.859. The molecule has 3 N–H and O–H groups in total. The lowest BCUT2D eigenvalue weighted by molar-refractivity contribution is -0.192. The minimum absolute atomic E-state index is 0.306. The van der Waals surface area contributed by atoms with E-state index in [9.17, 15) is 18.0 Å². The highest BCUT2D eigenvalue weighted by Gasteiger charge is 2.38.